The van der Waals surface area contributed by atoms with E-state index in [1.165, 1.54) is 0 Å². The zero-order valence-electron chi connectivity index (χ0n) is 12.5. The van der Waals surface area contributed by atoms with Crippen molar-refractivity contribution in [2.75, 3.05) is 19.7 Å². The Labute approximate surface area is 121 Å². The molecule has 0 bridgehead atoms. The summed E-state index contributed by atoms with van der Waals surface area (Å²) in [5.74, 6) is 0.230. The van der Waals surface area contributed by atoms with Gasteiger partial charge in [-0.05, 0) is 25.8 Å². The lowest BCUT2D eigenvalue weighted by atomic mass is 10.00. The minimum absolute atomic E-state index is 0.0356. The molecule has 1 aromatic carbocycles. The van der Waals surface area contributed by atoms with E-state index in [4.69, 9.17) is 4.74 Å². The van der Waals surface area contributed by atoms with Crippen LogP contribution in [0, 0.1) is 0 Å². The lowest BCUT2D eigenvalue weighted by Gasteiger charge is -2.30. The summed E-state index contributed by atoms with van der Waals surface area (Å²) in [6.45, 7) is 6.83. The Kier molecular flexibility index (Phi) is 5.74. The van der Waals surface area contributed by atoms with Crippen molar-refractivity contribution in [3.63, 3.8) is 0 Å². The Morgan fingerprint density at radius 2 is 2.10 bits per heavy atom. The molecule has 110 valence electrons. The van der Waals surface area contributed by atoms with Gasteiger partial charge in [-0.2, -0.15) is 0 Å². The average Bonchev–Trinajstić information content (AvgIpc) is 3.00. The molecule has 0 saturated carbocycles. The van der Waals surface area contributed by atoms with Crippen LogP contribution >= 0.6 is 0 Å². The average molecular weight is 275 g/mol. The van der Waals surface area contributed by atoms with Crippen molar-refractivity contribution in [2.24, 2.45) is 0 Å². The summed E-state index contributed by atoms with van der Waals surface area (Å²) in [6.07, 6.45) is 3.40. The predicted molar refractivity (Wildman–Crippen MR) is 81.1 cm³/mol. The SMILES string of the molecule is CCC(C(=O)c1ccccc1)N(CC)CC1CCCO1. The van der Waals surface area contributed by atoms with Crippen LogP contribution in [0.4, 0.5) is 0 Å². The lowest BCUT2D eigenvalue weighted by Crippen LogP contribution is -2.44. The van der Waals surface area contributed by atoms with Gasteiger partial charge in [0.25, 0.3) is 0 Å². The van der Waals surface area contributed by atoms with Gasteiger partial charge in [-0.25, -0.2) is 0 Å². The standard InChI is InChI=1S/C17H25NO2/c1-3-16(17(19)14-9-6-5-7-10-14)18(4-2)13-15-11-8-12-20-15/h5-7,9-10,15-16H,3-4,8,11-13H2,1-2H3. The maximum absolute atomic E-state index is 12.7. The first-order valence-electron chi connectivity index (χ1n) is 7.71. The number of ether oxygens (including phenoxy) is 1. The zero-order valence-corrected chi connectivity index (χ0v) is 12.5. The first kappa shape index (κ1) is 15.2. The highest BCUT2D eigenvalue weighted by molar-refractivity contribution is 6.00. The molecule has 0 spiro atoms. The van der Waals surface area contributed by atoms with E-state index < -0.39 is 0 Å². The number of likely N-dealkylation sites (N-methyl/N-ethyl adjacent to an activating group) is 1. The minimum atomic E-state index is -0.0356. The number of carbonyl (C=O) groups excluding carboxylic acids is 1. The monoisotopic (exact) mass is 275 g/mol. The second-order valence-corrected chi connectivity index (χ2v) is 5.38. The van der Waals surface area contributed by atoms with Crippen LogP contribution in [-0.2, 0) is 4.74 Å². The van der Waals surface area contributed by atoms with E-state index in [0.717, 1.165) is 44.5 Å². The normalized spacial score (nSPS) is 20.2. The smallest absolute Gasteiger partial charge is 0.179 e. The Balaban J connectivity index is 2.06. The van der Waals surface area contributed by atoms with Gasteiger partial charge in [0, 0.05) is 18.7 Å². The number of hydrogen-bond acceptors (Lipinski definition) is 3. The minimum Gasteiger partial charge on any atom is -0.377 e. The Morgan fingerprint density at radius 3 is 2.65 bits per heavy atom. The maximum Gasteiger partial charge on any atom is 0.179 e. The molecule has 2 rings (SSSR count). The third-order valence-electron chi connectivity index (χ3n) is 4.06. The molecule has 2 unspecified atom stereocenters. The first-order valence-corrected chi connectivity index (χ1v) is 7.71. The van der Waals surface area contributed by atoms with Gasteiger partial charge in [0.05, 0.1) is 12.1 Å². The van der Waals surface area contributed by atoms with Crippen molar-refractivity contribution < 1.29 is 9.53 Å². The molecule has 0 aliphatic carbocycles. The van der Waals surface area contributed by atoms with E-state index in [2.05, 4.69) is 18.7 Å². The molecule has 1 heterocycles. The second-order valence-electron chi connectivity index (χ2n) is 5.38. The van der Waals surface area contributed by atoms with Gasteiger partial charge in [-0.1, -0.05) is 44.2 Å². The van der Waals surface area contributed by atoms with E-state index in [1.54, 1.807) is 0 Å². The molecule has 3 nitrogen and oxygen atoms in total. The fourth-order valence-corrected chi connectivity index (χ4v) is 2.93. The molecule has 1 aliphatic heterocycles. The van der Waals surface area contributed by atoms with Crippen molar-refractivity contribution >= 4 is 5.78 Å². The highest BCUT2D eigenvalue weighted by Crippen LogP contribution is 2.18. The molecule has 3 heteroatoms. The largest absolute Gasteiger partial charge is 0.377 e. The molecule has 0 amide bonds. The van der Waals surface area contributed by atoms with Gasteiger partial charge in [0.2, 0.25) is 0 Å². The van der Waals surface area contributed by atoms with Crippen LogP contribution < -0.4 is 0 Å². The quantitative estimate of drug-likeness (QED) is 0.716. The number of hydrogen-bond donors (Lipinski definition) is 0. The van der Waals surface area contributed by atoms with Gasteiger partial charge in [-0.3, -0.25) is 9.69 Å². The molecular formula is C17H25NO2. The third kappa shape index (κ3) is 3.68. The van der Waals surface area contributed by atoms with Crippen LogP contribution in [0.2, 0.25) is 0 Å². The molecular weight excluding hydrogens is 250 g/mol. The van der Waals surface area contributed by atoms with Crippen molar-refractivity contribution in [2.45, 2.75) is 45.3 Å². The molecule has 1 saturated heterocycles. The molecule has 1 fully saturated rings. The summed E-state index contributed by atoms with van der Waals surface area (Å²) in [7, 11) is 0. The van der Waals surface area contributed by atoms with Gasteiger partial charge in [0.1, 0.15) is 0 Å². The van der Waals surface area contributed by atoms with Crippen LogP contribution in [0.25, 0.3) is 0 Å². The fourth-order valence-electron chi connectivity index (χ4n) is 2.93. The maximum atomic E-state index is 12.7. The number of nitrogens with zero attached hydrogens (tertiary/aromatic N) is 1. The fraction of sp³-hybridized carbons (Fsp3) is 0.588. The van der Waals surface area contributed by atoms with Crippen LogP contribution in [-0.4, -0.2) is 42.5 Å². The summed E-state index contributed by atoms with van der Waals surface area (Å²) in [5, 5.41) is 0. The molecule has 20 heavy (non-hydrogen) atoms. The lowest BCUT2D eigenvalue weighted by molar-refractivity contribution is 0.0517. The highest BCUT2D eigenvalue weighted by atomic mass is 16.5. The Bertz CT molecular complexity index is 412. The van der Waals surface area contributed by atoms with E-state index in [0.29, 0.717) is 6.10 Å². The molecule has 0 radical (unpaired) electrons. The molecule has 1 aliphatic rings. The number of benzene rings is 1. The predicted octanol–water partition coefficient (Wildman–Crippen LogP) is 3.15. The van der Waals surface area contributed by atoms with Crippen molar-refractivity contribution in [1.82, 2.24) is 4.90 Å². The summed E-state index contributed by atoms with van der Waals surface area (Å²) in [5.41, 5.74) is 0.810. The van der Waals surface area contributed by atoms with Gasteiger partial charge < -0.3 is 4.74 Å². The first-order chi connectivity index (χ1) is 9.76. The molecule has 1 aromatic rings. The summed E-state index contributed by atoms with van der Waals surface area (Å²) in [4.78, 5) is 14.9. The second kappa shape index (κ2) is 7.55. The van der Waals surface area contributed by atoms with Crippen LogP contribution in [0.1, 0.15) is 43.5 Å². The van der Waals surface area contributed by atoms with Crippen molar-refractivity contribution in [3.05, 3.63) is 35.9 Å². The van der Waals surface area contributed by atoms with Crippen LogP contribution in [0.15, 0.2) is 30.3 Å². The van der Waals surface area contributed by atoms with Gasteiger partial charge in [-0.15, -0.1) is 0 Å². The van der Waals surface area contributed by atoms with Gasteiger partial charge in [0.15, 0.2) is 5.78 Å². The van der Waals surface area contributed by atoms with Gasteiger partial charge >= 0.3 is 0 Å². The Hall–Kier alpha value is -1.19. The zero-order chi connectivity index (χ0) is 14.4. The number of ketones is 1. The van der Waals surface area contributed by atoms with Crippen LogP contribution in [0.3, 0.4) is 0 Å². The Morgan fingerprint density at radius 1 is 1.35 bits per heavy atom. The van der Waals surface area contributed by atoms with Crippen molar-refractivity contribution in [3.8, 4) is 0 Å². The van der Waals surface area contributed by atoms with E-state index in [-0.39, 0.29) is 11.8 Å². The van der Waals surface area contributed by atoms with Crippen molar-refractivity contribution in [1.29, 1.82) is 0 Å². The summed E-state index contributed by atoms with van der Waals surface area (Å²) < 4.78 is 5.71. The van der Waals surface area contributed by atoms with E-state index in [1.807, 2.05) is 30.3 Å². The number of rotatable bonds is 7. The number of carbonyl (C=O) groups is 1. The number of Topliss-reactive ketones (excluding diaryl/α,β-unsaturated/α-hetero) is 1. The molecule has 0 aromatic heterocycles. The molecule has 0 N–H and O–H groups in total. The summed E-state index contributed by atoms with van der Waals surface area (Å²) in [6, 6.07) is 9.58. The van der Waals surface area contributed by atoms with Crippen LogP contribution in [0.5, 0.6) is 0 Å². The third-order valence-corrected chi connectivity index (χ3v) is 4.06. The van der Waals surface area contributed by atoms with E-state index in [9.17, 15) is 4.79 Å². The highest BCUT2D eigenvalue weighted by Gasteiger charge is 2.27. The molecule has 2 atom stereocenters. The summed E-state index contributed by atoms with van der Waals surface area (Å²) >= 11 is 0. The van der Waals surface area contributed by atoms with E-state index >= 15 is 0 Å². The topological polar surface area (TPSA) is 29.5 Å².